The van der Waals surface area contributed by atoms with E-state index in [1.165, 1.54) is 35.2 Å². The van der Waals surface area contributed by atoms with Gasteiger partial charge in [-0.15, -0.1) is 0 Å². The van der Waals surface area contributed by atoms with Crippen LogP contribution in [0.3, 0.4) is 0 Å². The van der Waals surface area contributed by atoms with Gasteiger partial charge in [0.1, 0.15) is 5.75 Å². The number of fused-ring (bicyclic) bond motifs is 2. The zero-order chi connectivity index (χ0) is 20.2. The summed E-state index contributed by atoms with van der Waals surface area (Å²) in [5, 5.41) is 4.90. The average molecular weight is 390 g/mol. The maximum absolute atomic E-state index is 11.3. The van der Waals surface area contributed by atoms with Crippen LogP contribution in [0.1, 0.15) is 29.2 Å². The third-order valence-electron chi connectivity index (χ3n) is 5.58. The minimum absolute atomic E-state index is 0.332. The van der Waals surface area contributed by atoms with Gasteiger partial charge in [-0.25, -0.2) is 4.79 Å². The Hall–Kier alpha value is -3.05. The van der Waals surface area contributed by atoms with Crippen LogP contribution in [0.5, 0.6) is 5.75 Å². The van der Waals surface area contributed by atoms with E-state index in [1.807, 2.05) is 6.07 Å². The zero-order valence-electron chi connectivity index (χ0n) is 16.9. The first-order valence-electron chi connectivity index (χ1n) is 9.93. The molecule has 1 aliphatic rings. The van der Waals surface area contributed by atoms with Gasteiger partial charge in [-0.2, -0.15) is 0 Å². The fraction of sp³-hybridized carbons (Fsp3) is 0.292. The number of rotatable bonds is 7. The van der Waals surface area contributed by atoms with Gasteiger partial charge >= 0.3 is 5.97 Å². The summed E-state index contributed by atoms with van der Waals surface area (Å²) in [5.74, 6) is 0.553. The number of ether oxygens (including phenoxy) is 2. The van der Waals surface area contributed by atoms with Gasteiger partial charge in [0.05, 0.1) is 14.2 Å². The molecule has 1 atom stereocenters. The van der Waals surface area contributed by atoms with Crippen molar-refractivity contribution in [3.63, 3.8) is 0 Å². The van der Waals surface area contributed by atoms with Crippen LogP contribution in [0.25, 0.3) is 17.0 Å². The van der Waals surface area contributed by atoms with E-state index in [0.717, 1.165) is 37.2 Å². The summed E-state index contributed by atoms with van der Waals surface area (Å²) in [7, 11) is 3.08. The van der Waals surface area contributed by atoms with Gasteiger partial charge in [0.2, 0.25) is 0 Å². The molecule has 1 heterocycles. The number of aryl methyl sites for hydroxylation is 1. The first kappa shape index (κ1) is 19.3. The lowest BCUT2D eigenvalue weighted by molar-refractivity contribution is -0.134. The highest BCUT2D eigenvalue weighted by Gasteiger charge is 2.21. The molecule has 0 saturated heterocycles. The van der Waals surface area contributed by atoms with Gasteiger partial charge in [-0.3, -0.25) is 0 Å². The molecule has 0 saturated carbocycles. The first-order valence-corrected chi connectivity index (χ1v) is 9.93. The second kappa shape index (κ2) is 8.53. The summed E-state index contributed by atoms with van der Waals surface area (Å²) in [6, 6.07) is 15.1. The van der Waals surface area contributed by atoms with Gasteiger partial charge in [0.25, 0.3) is 0 Å². The highest BCUT2D eigenvalue weighted by atomic mass is 16.5. The van der Waals surface area contributed by atoms with Crippen LogP contribution in [0, 0.1) is 0 Å². The van der Waals surface area contributed by atoms with Crippen LogP contribution in [-0.4, -0.2) is 31.3 Å². The second-order valence-electron chi connectivity index (χ2n) is 7.29. The monoisotopic (exact) mass is 390 g/mol. The van der Waals surface area contributed by atoms with Crippen LogP contribution in [0.15, 0.2) is 54.7 Å². The molecule has 4 rings (SSSR count). The van der Waals surface area contributed by atoms with Gasteiger partial charge in [0.15, 0.2) is 0 Å². The van der Waals surface area contributed by atoms with Crippen molar-refractivity contribution in [3.05, 3.63) is 71.4 Å². The molecule has 3 aromatic rings. The minimum Gasteiger partial charge on any atom is -0.497 e. The summed E-state index contributed by atoms with van der Waals surface area (Å²) < 4.78 is 12.2. The standard InChI is InChI=1S/C24H26N2O3/c1-28-20-6-9-23-19(16-20)11-13-26(23)14-12-25-22-8-5-18-15-17(3-7-21(18)22)4-10-24(27)29-2/h3-4,6-7,9-11,13,15-16,22,25H,5,8,12,14H2,1-2H3/b10-4+. The van der Waals surface area contributed by atoms with Gasteiger partial charge in [-0.05, 0) is 59.9 Å². The number of carbonyl (C=O) groups excluding carboxylic acids is 1. The number of hydrogen-bond donors (Lipinski definition) is 1. The maximum atomic E-state index is 11.3. The number of nitrogens with one attached hydrogen (secondary N) is 1. The molecule has 2 aromatic carbocycles. The maximum Gasteiger partial charge on any atom is 0.330 e. The summed E-state index contributed by atoms with van der Waals surface area (Å²) in [4.78, 5) is 11.3. The highest BCUT2D eigenvalue weighted by Crippen LogP contribution is 2.32. The molecule has 0 radical (unpaired) electrons. The van der Waals surface area contributed by atoms with Crippen molar-refractivity contribution in [2.75, 3.05) is 20.8 Å². The molecule has 5 nitrogen and oxygen atoms in total. The molecule has 1 aliphatic carbocycles. The predicted octanol–water partition coefficient (Wildman–Crippen LogP) is 4.11. The van der Waals surface area contributed by atoms with E-state index in [0.29, 0.717) is 6.04 Å². The number of hydrogen-bond acceptors (Lipinski definition) is 4. The van der Waals surface area contributed by atoms with Crippen molar-refractivity contribution in [2.45, 2.75) is 25.4 Å². The number of nitrogens with zero attached hydrogens (tertiary/aromatic N) is 1. The fourth-order valence-corrected chi connectivity index (χ4v) is 4.04. The molecule has 0 bridgehead atoms. The van der Waals surface area contributed by atoms with E-state index >= 15 is 0 Å². The largest absolute Gasteiger partial charge is 0.497 e. The molecule has 0 aliphatic heterocycles. The Balaban J connectivity index is 1.37. The molecule has 0 amide bonds. The van der Waals surface area contributed by atoms with Crippen molar-refractivity contribution in [3.8, 4) is 5.75 Å². The van der Waals surface area contributed by atoms with Crippen molar-refractivity contribution < 1.29 is 14.3 Å². The second-order valence-corrected chi connectivity index (χ2v) is 7.29. The molecule has 1 aromatic heterocycles. The Kier molecular flexibility index (Phi) is 5.67. The molecule has 1 N–H and O–H groups in total. The third kappa shape index (κ3) is 4.20. The quantitative estimate of drug-likeness (QED) is 0.487. The van der Waals surface area contributed by atoms with Crippen LogP contribution in [0.4, 0.5) is 0 Å². The average Bonchev–Trinajstić information content (AvgIpc) is 3.35. The van der Waals surface area contributed by atoms with E-state index in [1.54, 1.807) is 13.2 Å². The summed E-state index contributed by atoms with van der Waals surface area (Å²) >= 11 is 0. The van der Waals surface area contributed by atoms with E-state index < -0.39 is 0 Å². The number of methoxy groups -OCH3 is 2. The molecular weight excluding hydrogens is 364 g/mol. The first-order chi connectivity index (χ1) is 14.2. The van der Waals surface area contributed by atoms with E-state index in [2.05, 4.69) is 57.2 Å². The van der Waals surface area contributed by atoms with Crippen LogP contribution >= 0.6 is 0 Å². The zero-order valence-corrected chi connectivity index (χ0v) is 16.9. The Morgan fingerprint density at radius 1 is 1.21 bits per heavy atom. The molecular formula is C24H26N2O3. The molecule has 29 heavy (non-hydrogen) atoms. The van der Waals surface area contributed by atoms with E-state index in [4.69, 9.17) is 4.74 Å². The smallest absolute Gasteiger partial charge is 0.330 e. The Morgan fingerprint density at radius 2 is 2.10 bits per heavy atom. The lowest BCUT2D eigenvalue weighted by atomic mass is 10.0. The van der Waals surface area contributed by atoms with Crippen molar-refractivity contribution >= 4 is 22.9 Å². The lowest BCUT2D eigenvalue weighted by Crippen LogP contribution is -2.23. The summed E-state index contributed by atoms with van der Waals surface area (Å²) in [6.45, 7) is 1.82. The molecule has 0 fully saturated rings. The van der Waals surface area contributed by atoms with Crippen molar-refractivity contribution in [2.24, 2.45) is 0 Å². The minimum atomic E-state index is -0.332. The van der Waals surface area contributed by atoms with Crippen LogP contribution < -0.4 is 10.1 Å². The van der Waals surface area contributed by atoms with Gasteiger partial charge < -0.3 is 19.4 Å². The van der Waals surface area contributed by atoms with Crippen molar-refractivity contribution in [1.29, 1.82) is 0 Å². The number of aromatic nitrogens is 1. The molecule has 0 spiro atoms. The molecule has 5 heteroatoms. The van der Waals surface area contributed by atoms with Crippen LogP contribution in [0.2, 0.25) is 0 Å². The Morgan fingerprint density at radius 3 is 2.93 bits per heavy atom. The normalized spacial score (nSPS) is 15.7. The third-order valence-corrected chi connectivity index (χ3v) is 5.58. The number of benzene rings is 2. The predicted molar refractivity (Wildman–Crippen MR) is 115 cm³/mol. The Labute approximate surface area is 170 Å². The van der Waals surface area contributed by atoms with E-state index in [-0.39, 0.29) is 5.97 Å². The molecule has 150 valence electrons. The van der Waals surface area contributed by atoms with E-state index in [9.17, 15) is 4.79 Å². The number of carbonyl (C=O) groups is 1. The molecule has 1 unspecified atom stereocenters. The Bertz CT molecular complexity index is 1050. The summed E-state index contributed by atoms with van der Waals surface area (Å²) in [6.07, 6.45) is 7.55. The SMILES string of the molecule is COC(=O)/C=C/c1ccc2c(c1)CCC2NCCn1ccc2cc(OC)ccc21. The number of esters is 1. The topological polar surface area (TPSA) is 52.5 Å². The lowest BCUT2D eigenvalue weighted by Gasteiger charge is -2.15. The van der Waals surface area contributed by atoms with Gasteiger partial charge in [0, 0.05) is 42.3 Å². The fourth-order valence-electron chi connectivity index (χ4n) is 4.04. The van der Waals surface area contributed by atoms with Gasteiger partial charge in [-0.1, -0.05) is 18.2 Å². The van der Waals surface area contributed by atoms with Crippen LogP contribution in [-0.2, 0) is 22.5 Å². The van der Waals surface area contributed by atoms with Crippen molar-refractivity contribution in [1.82, 2.24) is 9.88 Å². The summed E-state index contributed by atoms with van der Waals surface area (Å²) in [5.41, 5.74) is 4.97. The highest BCUT2D eigenvalue weighted by molar-refractivity contribution is 5.87.